The van der Waals surface area contributed by atoms with Gasteiger partial charge in [-0.2, -0.15) is 0 Å². The average Bonchev–Trinajstić information content (AvgIpc) is 2.59. The Morgan fingerprint density at radius 1 is 1.20 bits per heavy atom. The molecule has 1 heterocycles. The molecule has 1 aliphatic heterocycles. The highest BCUT2D eigenvalue weighted by Crippen LogP contribution is 2.40. The van der Waals surface area contributed by atoms with Gasteiger partial charge in [-0.3, -0.25) is 0 Å². The monoisotopic (exact) mass is 280 g/mol. The maximum Gasteiger partial charge on any atom is 0.490 e. The molecule has 0 aromatic heterocycles. The van der Waals surface area contributed by atoms with Crippen LogP contribution < -0.4 is 0 Å². The predicted molar refractivity (Wildman–Crippen MR) is 79.3 cm³/mol. The average molecular weight is 280 g/mol. The molecule has 2 rings (SSSR count). The molecule has 0 spiro atoms. The zero-order valence-corrected chi connectivity index (χ0v) is 13.4. The van der Waals surface area contributed by atoms with Crippen LogP contribution in [0, 0.1) is 0 Å². The van der Waals surface area contributed by atoms with Crippen LogP contribution in [0.15, 0.2) is 23.4 Å². The summed E-state index contributed by atoms with van der Waals surface area (Å²) in [5, 5.41) is 0. The van der Waals surface area contributed by atoms with E-state index in [1.807, 2.05) is 19.1 Å². The summed E-state index contributed by atoms with van der Waals surface area (Å²) in [7, 11) is 1.39. The first-order valence-corrected chi connectivity index (χ1v) is 7.22. The fourth-order valence-electron chi connectivity index (χ4n) is 2.36. The van der Waals surface area contributed by atoms with Crippen LogP contribution in [0.4, 0.5) is 0 Å². The molecule has 1 aliphatic carbocycles. The quantitative estimate of drug-likeness (QED) is 0.742. The first-order valence-electron chi connectivity index (χ1n) is 7.22. The Hall–Kier alpha value is -0.775. The molecule has 0 N–H and O–H groups in total. The van der Waals surface area contributed by atoms with Crippen molar-refractivity contribution in [3.05, 3.63) is 23.4 Å². The number of ether oxygens (including phenoxy) is 2. The lowest BCUT2D eigenvalue weighted by Gasteiger charge is -2.32. The number of hydrogen-bond donors (Lipinski definition) is 0. The summed E-state index contributed by atoms with van der Waals surface area (Å²) in [6, 6.07) is 0. The van der Waals surface area contributed by atoms with E-state index in [0.717, 1.165) is 17.7 Å². The molecule has 0 radical (unpaired) electrons. The van der Waals surface area contributed by atoms with Crippen molar-refractivity contribution in [3.8, 4) is 0 Å². The van der Waals surface area contributed by atoms with Gasteiger partial charge >= 0.3 is 7.12 Å². The summed E-state index contributed by atoms with van der Waals surface area (Å²) in [6.45, 7) is 10.9. The number of hydrogen-bond acceptors (Lipinski definition) is 4. The van der Waals surface area contributed by atoms with Crippen molar-refractivity contribution in [2.75, 3.05) is 13.7 Å². The molecular formula is C15H25BO4. The van der Waals surface area contributed by atoms with Gasteiger partial charge < -0.3 is 18.8 Å². The molecular weight excluding hydrogens is 255 g/mol. The fourth-order valence-corrected chi connectivity index (χ4v) is 2.36. The topological polar surface area (TPSA) is 36.9 Å². The van der Waals surface area contributed by atoms with Crippen LogP contribution in [-0.2, 0) is 18.8 Å². The first kappa shape index (κ1) is 15.6. The normalized spacial score (nSPS) is 28.1. The minimum atomic E-state index is -0.314. The number of allylic oxidation sites excluding steroid dienone is 2. The van der Waals surface area contributed by atoms with E-state index in [9.17, 15) is 0 Å². The van der Waals surface area contributed by atoms with E-state index < -0.39 is 0 Å². The van der Waals surface area contributed by atoms with Gasteiger partial charge in [0.05, 0.1) is 17.8 Å². The minimum Gasteiger partial charge on any atom is -0.495 e. The Morgan fingerprint density at radius 3 is 2.30 bits per heavy atom. The fraction of sp³-hybridized carbons (Fsp3) is 0.733. The maximum atomic E-state index is 6.08. The smallest absolute Gasteiger partial charge is 0.490 e. The molecule has 1 unspecified atom stereocenters. The van der Waals surface area contributed by atoms with Gasteiger partial charge in [-0.25, -0.2) is 0 Å². The predicted octanol–water partition coefficient (Wildman–Crippen LogP) is 2.88. The Kier molecular flexibility index (Phi) is 4.33. The zero-order chi connectivity index (χ0) is 15.0. The molecule has 2 aliphatic rings. The summed E-state index contributed by atoms with van der Waals surface area (Å²) >= 11 is 0. The van der Waals surface area contributed by atoms with Crippen LogP contribution >= 0.6 is 0 Å². The lowest BCUT2D eigenvalue weighted by molar-refractivity contribution is 0.00578. The van der Waals surface area contributed by atoms with Crippen LogP contribution in [0.5, 0.6) is 0 Å². The van der Waals surface area contributed by atoms with Crippen molar-refractivity contribution in [3.63, 3.8) is 0 Å². The Labute approximate surface area is 122 Å². The molecule has 0 aromatic carbocycles. The van der Waals surface area contributed by atoms with Gasteiger partial charge in [0.2, 0.25) is 0 Å². The Morgan fingerprint density at radius 2 is 1.80 bits per heavy atom. The summed E-state index contributed by atoms with van der Waals surface area (Å²) in [4.78, 5) is 0. The van der Waals surface area contributed by atoms with Gasteiger partial charge in [0.25, 0.3) is 0 Å². The second kappa shape index (κ2) is 5.55. The summed E-state index contributed by atoms with van der Waals surface area (Å²) in [5.41, 5.74) is 0.467. The third kappa shape index (κ3) is 2.80. The lowest BCUT2D eigenvalue weighted by atomic mass is 9.73. The van der Waals surface area contributed by atoms with Crippen molar-refractivity contribution in [2.45, 2.75) is 58.3 Å². The second-order valence-electron chi connectivity index (χ2n) is 6.26. The summed E-state index contributed by atoms with van der Waals surface area (Å²) in [5.74, 6) is 0.871. The Balaban J connectivity index is 2.15. The number of methoxy groups -OCH3 is 1. The van der Waals surface area contributed by atoms with Crippen LogP contribution in [0.1, 0.15) is 41.0 Å². The largest absolute Gasteiger partial charge is 0.495 e. The van der Waals surface area contributed by atoms with Crippen molar-refractivity contribution in [1.29, 1.82) is 0 Å². The van der Waals surface area contributed by atoms with E-state index in [1.54, 1.807) is 7.11 Å². The van der Waals surface area contributed by atoms with Gasteiger partial charge in [0.1, 0.15) is 11.9 Å². The van der Waals surface area contributed by atoms with E-state index in [4.69, 9.17) is 18.8 Å². The summed E-state index contributed by atoms with van der Waals surface area (Å²) < 4.78 is 23.2. The van der Waals surface area contributed by atoms with Crippen LogP contribution in [0.3, 0.4) is 0 Å². The molecule has 0 amide bonds. The highest BCUT2D eigenvalue weighted by Gasteiger charge is 2.52. The van der Waals surface area contributed by atoms with Gasteiger partial charge in [-0.15, -0.1) is 0 Å². The molecule has 0 aromatic rings. The minimum absolute atomic E-state index is 0.0611. The lowest BCUT2D eigenvalue weighted by Crippen LogP contribution is -2.41. The molecule has 112 valence electrons. The Bertz CT molecular complexity index is 410. The number of rotatable bonds is 4. The maximum absolute atomic E-state index is 6.08. The molecule has 1 atom stereocenters. The van der Waals surface area contributed by atoms with Gasteiger partial charge in [0.15, 0.2) is 0 Å². The van der Waals surface area contributed by atoms with E-state index in [0.29, 0.717) is 6.61 Å². The first-order chi connectivity index (χ1) is 9.30. The van der Waals surface area contributed by atoms with Crippen molar-refractivity contribution >= 4 is 7.12 Å². The van der Waals surface area contributed by atoms with Gasteiger partial charge in [-0.05, 0) is 52.6 Å². The third-order valence-corrected chi connectivity index (χ3v) is 4.35. The van der Waals surface area contributed by atoms with Crippen LogP contribution in [0.25, 0.3) is 0 Å². The second-order valence-corrected chi connectivity index (χ2v) is 6.26. The van der Waals surface area contributed by atoms with Crippen molar-refractivity contribution in [2.24, 2.45) is 0 Å². The van der Waals surface area contributed by atoms with E-state index in [1.165, 1.54) is 0 Å². The summed E-state index contributed by atoms with van der Waals surface area (Å²) in [6.07, 6.45) is 4.66. The molecule has 0 saturated carbocycles. The highest BCUT2D eigenvalue weighted by atomic mass is 16.7. The van der Waals surface area contributed by atoms with Gasteiger partial charge in [0, 0.05) is 7.11 Å². The highest BCUT2D eigenvalue weighted by molar-refractivity contribution is 6.54. The molecule has 1 saturated heterocycles. The SMILES string of the molecule is CCOC1=CC=C(B2OC(C)(C)C(C)(C)O2)CC1OC. The van der Waals surface area contributed by atoms with Crippen LogP contribution in [0.2, 0.25) is 0 Å². The standard InChI is InChI=1S/C15H25BO4/c1-7-18-12-9-8-11(10-13(12)17-6)16-19-14(2,3)15(4,5)20-16/h8-9,13H,7,10H2,1-6H3. The molecule has 0 bridgehead atoms. The molecule has 4 nitrogen and oxygen atoms in total. The van der Waals surface area contributed by atoms with Gasteiger partial charge in [-0.1, -0.05) is 6.08 Å². The van der Waals surface area contributed by atoms with E-state index in [2.05, 4.69) is 27.7 Å². The molecule has 1 fully saturated rings. The van der Waals surface area contributed by atoms with E-state index in [-0.39, 0.29) is 24.4 Å². The third-order valence-electron chi connectivity index (χ3n) is 4.35. The van der Waals surface area contributed by atoms with E-state index >= 15 is 0 Å². The van der Waals surface area contributed by atoms with Crippen molar-refractivity contribution in [1.82, 2.24) is 0 Å². The van der Waals surface area contributed by atoms with Crippen molar-refractivity contribution < 1.29 is 18.8 Å². The molecule has 5 heteroatoms. The molecule has 20 heavy (non-hydrogen) atoms. The zero-order valence-electron chi connectivity index (χ0n) is 13.4. The van der Waals surface area contributed by atoms with Crippen LogP contribution in [-0.4, -0.2) is 38.1 Å².